The maximum absolute atomic E-state index is 12.3. The summed E-state index contributed by atoms with van der Waals surface area (Å²) in [5.74, 6) is -0.116. The third-order valence-corrected chi connectivity index (χ3v) is 3.70. The van der Waals surface area contributed by atoms with Crippen LogP contribution in [0.3, 0.4) is 0 Å². The number of benzene rings is 1. The largest absolute Gasteiger partial charge is 0.462 e. The minimum absolute atomic E-state index is 0.283. The van der Waals surface area contributed by atoms with Gasteiger partial charge in [0.05, 0.1) is 24.2 Å². The number of aryl methyl sites for hydroxylation is 1. The van der Waals surface area contributed by atoms with Gasteiger partial charge in [-0.05, 0) is 19.1 Å². The number of nitrogens with two attached hydrogens (primary N) is 1. The van der Waals surface area contributed by atoms with Gasteiger partial charge in [0.1, 0.15) is 16.9 Å². The number of carbonyl (C=O) groups is 1. The van der Waals surface area contributed by atoms with Crippen LogP contribution in [-0.2, 0) is 11.3 Å². The highest BCUT2D eigenvalue weighted by atomic mass is 16.5. The van der Waals surface area contributed by atoms with Crippen molar-refractivity contribution >= 4 is 34.0 Å². The summed E-state index contributed by atoms with van der Waals surface area (Å²) in [6.07, 6.45) is 0.838. The van der Waals surface area contributed by atoms with Crippen LogP contribution in [0.4, 0.5) is 5.82 Å². The highest BCUT2D eigenvalue weighted by molar-refractivity contribution is 6.08. The van der Waals surface area contributed by atoms with E-state index in [1.807, 2.05) is 28.8 Å². The van der Waals surface area contributed by atoms with Gasteiger partial charge in [-0.1, -0.05) is 12.1 Å². The summed E-state index contributed by atoms with van der Waals surface area (Å²) in [7, 11) is 0. The number of rotatable bonds is 5. The second-order valence-electron chi connectivity index (χ2n) is 5.22. The van der Waals surface area contributed by atoms with E-state index >= 15 is 0 Å². The van der Waals surface area contributed by atoms with Crippen LogP contribution in [-0.4, -0.2) is 33.7 Å². The summed E-state index contributed by atoms with van der Waals surface area (Å²) in [5, 5.41) is 0. The Balaban J connectivity index is 2.29. The Kier molecular flexibility index (Phi) is 4.12. The monoisotopic (exact) mass is 314 g/mol. The van der Waals surface area contributed by atoms with Gasteiger partial charge in [0.25, 0.3) is 0 Å². The molecule has 0 spiro atoms. The molecule has 1 aromatic carbocycles. The molecular weight excluding hydrogens is 294 g/mol. The first-order valence-corrected chi connectivity index (χ1v) is 7.68. The van der Waals surface area contributed by atoms with Gasteiger partial charge in [0.15, 0.2) is 5.65 Å². The van der Waals surface area contributed by atoms with E-state index in [0.717, 1.165) is 24.0 Å². The van der Waals surface area contributed by atoms with Gasteiger partial charge in [-0.25, -0.2) is 14.8 Å². The normalized spacial score (nSPS) is 11.2. The van der Waals surface area contributed by atoms with Gasteiger partial charge in [-0.2, -0.15) is 0 Å². The number of ether oxygens (including phenoxy) is 1. The molecule has 3 rings (SSSR count). The lowest BCUT2D eigenvalue weighted by atomic mass is 10.2. The van der Waals surface area contributed by atoms with Crippen molar-refractivity contribution < 1.29 is 15.3 Å². The van der Waals surface area contributed by atoms with Crippen molar-refractivity contribution in [1.82, 2.24) is 14.5 Å². The van der Waals surface area contributed by atoms with Gasteiger partial charge in [-0.3, -0.25) is 0 Å². The zero-order valence-electron chi connectivity index (χ0n) is 13.1. The van der Waals surface area contributed by atoms with Crippen LogP contribution in [0.25, 0.3) is 22.2 Å². The highest BCUT2D eigenvalue weighted by Crippen LogP contribution is 2.28. The average Bonchev–Trinajstić information content (AvgIpc) is 2.82. The van der Waals surface area contributed by atoms with E-state index in [9.17, 15) is 4.79 Å². The van der Waals surface area contributed by atoms with Crippen molar-refractivity contribution in [3.63, 3.8) is 0 Å². The molecule has 3 aromatic rings. The smallest absolute Gasteiger partial charge is 0.344 e. The number of hydrogen-bond acceptors (Lipinski definition) is 5. The van der Waals surface area contributed by atoms with Crippen molar-refractivity contribution in [3.05, 3.63) is 29.8 Å². The minimum Gasteiger partial charge on any atom is -0.462 e. The summed E-state index contributed by atoms with van der Waals surface area (Å²) in [6.45, 7) is 3.45. The molecule has 2 heterocycles. The predicted octanol–water partition coefficient (Wildman–Crippen LogP) is 0.975. The Morgan fingerprint density at radius 2 is 2.00 bits per heavy atom. The van der Waals surface area contributed by atoms with Crippen LogP contribution in [0, 0.1) is 0 Å². The lowest BCUT2D eigenvalue weighted by molar-refractivity contribution is -0.368. The summed E-state index contributed by atoms with van der Waals surface area (Å²) < 4.78 is 6.96. The molecule has 0 atom stereocenters. The van der Waals surface area contributed by atoms with Crippen LogP contribution in [0.5, 0.6) is 0 Å². The second kappa shape index (κ2) is 6.21. The predicted molar refractivity (Wildman–Crippen MR) is 87.8 cm³/mol. The van der Waals surface area contributed by atoms with E-state index in [4.69, 9.17) is 10.5 Å². The highest BCUT2D eigenvalue weighted by Gasteiger charge is 2.24. The molecule has 0 saturated heterocycles. The SMILES string of the molecule is CCOC(=O)c1c(N)n(CCC[NH3+])c2nc3ccccc3nc12. The molecule has 2 aromatic heterocycles. The Morgan fingerprint density at radius 1 is 1.30 bits per heavy atom. The van der Waals surface area contributed by atoms with Crippen LogP contribution >= 0.6 is 0 Å². The maximum atomic E-state index is 12.3. The molecule has 0 aliphatic carbocycles. The Morgan fingerprint density at radius 3 is 2.65 bits per heavy atom. The zero-order valence-corrected chi connectivity index (χ0v) is 13.1. The van der Waals surface area contributed by atoms with Crippen molar-refractivity contribution in [3.8, 4) is 0 Å². The first kappa shape index (κ1) is 15.2. The fourth-order valence-corrected chi connectivity index (χ4v) is 2.62. The number of esters is 1. The first-order chi connectivity index (χ1) is 11.2. The molecule has 23 heavy (non-hydrogen) atoms. The molecule has 0 radical (unpaired) electrons. The van der Waals surface area contributed by atoms with Gasteiger partial charge < -0.3 is 20.8 Å². The number of para-hydroxylation sites is 2. The fourth-order valence-electron chi connectivity index (χ4n) is 2.62. The maximum Gasteiger partial charge on any atom is 0.344 e. The number of quaternary nitrogens is 1. The molecule has 7 heteroatoms. The van der Waals surface area contributed by atoms with Gasteiger partial charge in [0.2, 0.25) is 0 Å². The zero-order chi connectivity index (χ0) is 16.4. The summed E-state index contributed by atoms with van der Waals surface area (Å²) in [6, 6.07) is 7.54. The van der Waals surface area contributed by atoms with E-state index in [1.165, 1.54) is 0 Å². The van der Waals surface area contributed by atoms with E-state index in [2.05, 4.69) is 15.7 Å². The number of hydrogen-bond donors (Lipinski definition) is 2. The standard InChI is InChI=1S/C16H19N5O2/c1-2-23-16(22)12-13-15(21(14(12)18)9-5-8-17)20-11-7-4-3-6-10(11)19-13/h3-4,6-7H,2,5,8-9,17-18H2,1H3/p+1. The fraction of sp³-hybridized carbons (Fsp3) is 0.312. The van der Waals surface area contributed by atoms with Crippen molar-refractivity contribution in [2.45, 2.75) is 19.9 Å². The molecule has 0 unspecified atom stereocenters. The van der Waals surface area contributed by atoms with E-state index < -0.39 is 5.97 Å². The Hall–Kier alpha value is -2.67. The van der Waals surface area contributed by atoms with Crippen LogP contribution in [0.1, 0.15) is 23.7 Å². The summed E-state index contributed by atoms with van der Waals surface area (Å²) in [5.41, 5.74) is 12.9. The first-order valence-electron chi connectivity index (χ1n) is 7.68. The van der Waals surface area contributed by atoms with E-state index in [-0.39, 0.29) is 6.61 Å². The molecule has 0 bridgehead atoms. The van der Waals surface area contributed by atoms with E-state index in [1.54, 1.807) is 6.92 Å². The van der Waals surface area contributed by atoms with Crippen molar-refractivity contribution in [1.29, 1.82) is 0 Å². The summed E-state index contributed by atoms with van der Waals surface area (Å²) >= 11 is 0. The summed E-state index contributed by atoms with van der Waals surface area (Å²) in [4.78, 5) is 21.5. The topological polar surface area (TPSA) is 111 Å². The van der Waals surface area contributed by atoms with Crippen LogP contribution < -0.4 is 11.5 Å². The van der Waals surface area contributed by atoms with Crippen LogP contribution in [0.15, 0.2) is 24.3 Å². The number of anilines is 1. The number of aromatic nitrogens is 3. The molecule has 5 N–H and O–H groups in total. The second-order valence-corrected chi connectivity index (χ2v) is 5.22. The third kappa shape index (κ3) is 2.59. The number of carbonyl (C=O) groups excluding carboxylic acids is 1. The molecule has 7 nitrogen and oxygen atoms in total. The van der Waals surface area contributed by atoms with Crippen molar-refractivity contribution in [2.24, 2.45) is 0 Å². The van der Waals surface area contributed by atoms with Gasteiger partial charge in [0, 0.05) is 13.0 Å². The number of fused-ring (bicyclic) bond motifs is 2. The molecule has 0 amide bonds. The Bertz CT molecular complexity index is 872. The molecular formula is C16H20N5O2+. The lowest BCUT2D eigenvalue weighted by Crippen LogP contribution is -2.50. The Labute approximate surface area is 133 Å². The van der Waals surface area contributed by atoms with Crippen molar-refractivity contribution in [2.75, 3.05) is 18.9 Å². The molecule has 120 valence electrons. The molecule has 0 fully saturated rings. The number of nitrogen functional groups attached to an aromatic ring is 1. The molecule has 0 aliphatic heterocycles. The number of nitrogens with zero attached hydrogens (tertiary/aromatic N) is 3. The van der Waals surface area contributed by atoms with E-state index in [0.29, 0.717) is 29.1 Å². The molecule has 0 aliphatic rings. The average molecular weight is 314 g/mol. The minimum atomic E-state index is -0.465. The molecule has 0 saturated carbocycles. The van der Waals surface area contributed by atoms with Gasteiger partial charge in [-0.15, -0.1) is 0 Å². The quantitative estimate of drug-likeness (QED) is 0.682. The van der Waals surface area contributed by atoms with Gasteiger partial charge >= 0.3 is 5.97 Å². The van der Waals surface area contributed by atoms with Crippen LogP contribution in [0.2, 0.25) is 0 Å². The lowest BCUT2D eigenvalue weighted by Gasteiger charge is -2.06. The third-order valence-electron chi connectivity index (χ3n) is 3.70.